The van der Waals surface area contributed by atoms with E-state index in [2.05, 4.69) is 23.9 Å². The summed E-state index contributed by atoms with van der Waals surface area (Å²) in [6.07, 6.45) is 1.08. The summed E-state index contributed by atoms with van der Waals surface area (Å²) in [6.45, 7) is 2.40. The van der Waals surface area contributed by atoms with Crippen LogP contribution in [0, 0.1) is 11.3 Å². The van der Waals surface area contributed by atoms with E-state index in [4.69, 9.17) is 5.26 Å². The molecular weight excluding hydrogens is 286 g/mol. The molecule has 0 bridgehead atoms. The van der Waals surface area contributed by atoms with Crippen LogP contribution in [-0.2, 0) is 9.84 Å². The van der Waals surface area contributed by atoms with Crippen molar-refractivity contribution in [1.82, 2.24) is 9.80 Å². The summed E-state index contributed by atoms with van der Waals surface area (Å²) >= 11 is 0. The molecular formula is C15H21N3O2S. The SMILES string of the molecule is CN(C)C1CCN(CCS(=O)(=O)c2cccc(C#N)c2)C1. The Hall–Kier alpha value is -1.42. The van der Waals surface area contributed by atoms with Crippen LogP contribution >= 0.6 is 0 Å². The van der Waals surface area contributed by atoms with E-state index in [0.717, 1.165) is 19.5 Å². The van der Waals surface area contributed by atoms with Crippen molar-refractivity contribution in [3.63, 3.8) is 0 Å². The number of nitriles is 1. The fourth-order valence-electron chi connectivity index (χ4n) is 2.56. The van der Waals surface area contributed by atoms with Crippen molar-refractivity contribution >= 4 is 9.84 Å². The minimum Gasteiger partial charge on any atom is -0.305 e. The zero-order chi connectivity index (χ0) is 15.5. The van der Waals surface area contributed by atoms with E-state index in [9.17, 15) is 8.42 Å². The van der Waals surface area contributed by atoms with Crippen LogP contribution in [0.5, 0.6) is 0 Å². The van der Waals surface area contributed by atoms with E-state index >= 15 is 0 Å². The van der Waals surface area contributed by atoms with E-state index in [0.29, 0.717) is 18.2 Å². The molecule has 6 heteroatoms. The molecule has 1 fully saturated rings. The van der Waals surface area contributed by atoms with Gasteiger partial charge in [-0.15, -0.1) is 0 Å². The second kappa shape index (κ2) is 6.56. The Morgan fingerprint density at radius 1 is 1.43 bits per heavy atom. The molecule has 2 rings (SSSR count). The number of sulfone groups is 1. The van der Waals surface area contributed by atoms with Crippen molar-refractivity contribution < 1.29 is 8.42 Å². The highest BCUT2D eigenvalue weighted by Gasteiger charge is 2.25. The van der Waals surface area contributed by atoms with Gasteiger partial charge in [-0.05, 0) is 45.3 Å². The molecule has 1 aliphatic heterocycles. The van der Waals surface area contributed by atoms with Crippen molar-refractivity contribution in [2.45, 2.75) is 17.4 Å². The fraction of sp³-hybridized carbons (Fsp3) is 0.533. The minimum absolute atomic E-state index is 0.0992. The van der Waals surface area contributed by atoms with Crippen LogP contribution in [0.1, 0.15) is 12.0 Å². The van der Waals surface area contributed by atoms with E-state index in [1.165, 1.54) is 6.07 Å². The second-order valence-corrected chi connectivity index (χ2v) is 7.77. The monoisotopic (exact) mass is 307 g/mol. The van der Waals surface area contributed by atoms with E-state index in [1.54, 1.807) is 18.2 Å². The molecule has 1 aliphatic rings. The van der Waals surface area contributed by atoms with Crippen LogP contribution in [0.4, 0.5) is 0 Å². The van der Waals surface area contributed by atoms with Gasteiger partial charge in [0.1, 0.15) is 0 Å². The first-order valence-corrected chi connectivity index (χ1v) is 8.69. The Labute approximate surface area is 126 Å². The first-order valence-electron chi connectivity index (χ1n) is 7.04. The van der Waals surface area contributed by atoms with Gasteiger partial charge in [0, 0.05) is 19.1 Å². The zero-order valence-electron chi connectivity index (χ0n) is 12.5. The predicted molar refractivity (Wildman–Crippen MR) is 81.7 cm³/mol. The lowest BCUT2D eigenvalue weighted by Gasteiger charge is -2.20. The first kappa shape index (κ1) is 16.0. The number of hydrogen-bond donors (Lipinski definition) is 0. The Balaban J connectivity index is 1.98. The molecule has 0 aliphatic carbocycles. The second-order valence-electron chi connectivity index (χ2n) is 5.67. The third-order valence-electron chi connectivity index (χ3n) is 3.98. The number of hydrogen-bond acceptors (Lipinski definition) is 5. The largest absolute Gasteiger partial charge is 0.305 e. The van der Waals surface area contributed by atoms with E-state index < -0.39 is 9.84 Å². The molecule has 1 aromatic rings. The molecule has 1 saturated heterocycles. The molecule has 1 aromatic carbocycles. The van der Waals surface area contributed by atoms with Crippen LogP contribution in [0.3, 0.4) is 0 Å². The maximum atomic E-state index is 12.3. The molecule has 0 N–H and O–H groups in total. The van der Waals surface area contributed by atoms with Gasteiger partial charge in [-0.3, -0.25) is 0 Å². The van der Waals surface area contributed by atoms with Gasteiger partial charge < -0.3 is 9.80 Å². The lowest BCUT2D eigenvalue weighted by molar-refractivity contribution is 0.275. The van der Waals surface area contributed by atoms with Gasteiger partial charge in [0.15, 0.2) is 9.84 Å². The summed E-state index contributed by atoms with van der Waals surface area (Å²) in [5.41, 5.74) is 0.380. The normalized spacial score (nSPS) is 19.8. The van der Waals surface area contributed by atoms with Crippen molar-refractivity contribution in [2.24, 2.45) is 0 Å². The van der Waals surface area contributed by atoms with Gasteiger partial charge in [0.05, 0.1) is 22.3 Å². The maximum Gasteiger partial charge on any atom is 0.179 e. The molecule has 114 valence electrons. The molecule has 1 heterocycles. The average molecular weight is 307 g/mol. The van der Waals surface area contributed by atoms with Crippen molar-refractivity contribution in [3.8, 4) is 6.07 Å². The highest BCUT2D eigenvalue weighted by Crippen LogP contribution is 2.16. The van der Waals surface area contributed by atoms with Crippen LogP contribution in [-0.4, -0.2) is 63.7 Å². The van der Waals surface area contributed by atoms with E-state index in [-0.39, 0.29) is 10.6 Å². The van der Waals surface area contributed by atoms with Gasteiger partial charge in [-0.25, -0.2) is 8.42 Å². The predicted octanol–water partition coefficient (Wildman–Crippen LogP) is 0.968. The summed E-state index contributed by atoms with van der Waals surface area (Å²) in [6, 6.07) is 8.71. The molecule has 0 radical (unpaired) electrons. The summed E-state index contributed by atoms with van der Waals surface area (Å²) < 4.78 is 24.7. The van der Waals surface area contributed by atoms with Gasteiger partial charge in [-0.2, -0.15) is 5.26 Å². The lowest BCUT2D eigenvalue weighted by atomic mass is 10.2. The minimum atomic E-state index is -3.32. The van der Waals surface area contributed by atoms with E-state index in [1.807, 2.05) is 6.07 Å². The number of likely N-dealkylation sites (tertiary alicyclic amines) is 1. The van der Waals surface area contributed by atoms with Crippen LogP contribution < -0.4 is 0 Å². The maximum absolute atomic E-state index is 12.3. The quantitative estimate of drug-likeness (QED) is 0.811. The average Bonchev–Trinajstić information content (AvgIpc) is 2.94. The summed E-state index contributed by atoms with van der Waals surface area (Å²) in [7, 11) is 0.783. The van der Waals surface area contributed by atoms with Crippen molar-refractivity contribution in [3.05, 3.63) is 29.8 Å². The van der Waals surface area contributed by atoms with Gasteiger partial charge in [0.2, 0.25) is 0 Å². The van der Waals surface area contributed by atoms with Gasteiger partial charge >= 0.3 is 0 Å². The van der Waals surface area contributed by atoms with Crippen LogP contribution in [0.2, 0.25) is 0 Å². The molecule has 0 amide bonds. The lowest BCUT2D eigenvalue weighted by Crippen LogP contribution is -2.33. The Bertz CT molecular complexity index is 635. The molecule has 5 nitrogen and oxygen atoms in total. The number of likely N-dealkylation sites (N-methyl/N-ethyl adjacent to an activating group) is 1. The smallest absolute Gasteiger partial charge is 0.179 e. The Morgan fingerprint density at radius 2 is 2.19 bits per heavy atom. The van der Waals surface area contributed by atoms with Crippen molar-refractivity contribution in [1.29, 1.82) is 5.26 Å². The molecule has 1 atom stereocenters. The third-order valence-corrected chi connectivity index (χ3v) is 5.67. The van der Waals surface area contributed by atoms with Crippen molar-refractivity contribution in [2.75, 3.05) is 39.5 Å². The topological polar surface area (TPSA) is 64.4 Å². The molecule has 0 saturated carbocycles. The number of nitrogens with zero attached hydrogens (tertiary/aromatic N) is 3. The fourth-order valence-corrected chi connectivity index (χ4v) is 3.89. The highest BCUT2D eigenvalue weighted by molar-refractivity contribution is 7.91. The molecule has 0 spiro atoms. The summed E-state index contributed by atoms with van der Waals surface area (Å²) in [4.78, 5) is 4.62. The summed E-state index contributed by atoms with van der Waals surface area (Å²) in [5.74, 6) is 0.0992. The third kappa shape index (κ3) is 4.03. The Morgan fingerprint density at radius 3 is 2.81 bits per heavy atom. The number of benzene rings is 1. The standard InChI is InChI=1S/C15H21N3O2S/c1-17(2)14-6-7-18(12-14)8-9-21(19,20)15-5-3-4-13(10-15)11-16/h3-5,10,14H,6-9,12H2,1-2H3. The van der Waals surface area contributed by atoms with Crippen LogP contribution in [0.15, 0.2) is 29.2 Å². The van der Waals surface area contributed by atoms with Crippen LogP contribution in [0.25, 0.3) is 0 Å². The molecule has 0 aromatic heterocycles. The number of rotatable bonds is 5. The highest BCUT2D eigenvalue weighted by atomic mass is 32.2. The molecule has 21 heavy (non-hydrogen) atoms. The zero-order valence-corrected chi connectivity index (χ0v) is 13.3. The van der Waals surface area contributed by atoms with Gasteiger partial charge in [-0.1, -0.05) is 6.07 Å². The Kier molecular flexibility index (Phi) is 4.99. The first-order chi connectivity index (χ1) is 9.92. The molecule has 1 unspecified atom stereocenters. The van der Waals surface area contributed by atoms with Gasteiger partial charge in [0.25, 0.3) is 0 Å². The summed E-state index contributed by atoms with van der Waals surface area (Å²) in [5, 5.41) is 8.85.